The van der Waals surface area contributed by atoms with Crippen molar-refractivity contribution in [3.63, 3.8) is 0 Å². The molecule has 0 unspecified atom stereocenters. The van der Waals surface area contributed by atoms with Gasteiger partial charge in [-0.05, 0) is 35.7 Å². The Hall–Kier alpha value is -0.600. The van der Waals surface area contributed by atoms with Gasteiger partial charge in [0.1, 0.15) is 20.0 Å². The van der Waals surface area contributed by atoms with Gasteiger partial charge >= 0.3 is 0 Å². The molecule has 8 rings (SSSR count). The predicted octanol–water partition coefficient (Wildman–Crippen LogP) is 7.52. The van der Waals surface area contributed by atoms with Crippen LogP contribution in [0.25, 0.3) is 11.1 Å². The van der Waals surface area contributed by atoms with E-state index in [1.165, 1.54) is 83.1 Å². The van der Waals surface area contributed by atoms with Crippen molar-refractivity contribution in [2.75, 3.05) is 36.6 Å². The van der Waals surface area contributed by atoms with E-state index in [0.717, 1.165) is 34.1 Å². The molecule has 0 fully saturated rings. The molecule has 12 heteroatoms. The zero-order chi connectivity index (χ0) is 25.1. The molecule has 0 radical (unpaired) electrons. The second-order valence-corrected chi connectivity index (χ2v) is 18.8. The van der Waals surface area contributed by atoms with Crippen LogP contribution in [0.2, 0.25) is 0 Å². The van der Waals surface area contributed by atoms with Gasteiger partial charge in [-0.2, -0.15) is 0 Å². The molecule has 2 aromatic carbocycles. The number of allylic oxidation sites excluding steroid dienone is 2. The highest BCUT2D eigenvalue weighted by atomic mass is 32.3. The van der Waals surface area contributed by atoms with Crippen molar-refractivity contribution in [3.8, 4) is 23.0 Å². The molecule has 4 nitrogen and oxygen atoms in total. The van der Waals surface area contributed by atoms with Gasteiger partial charge in [0.2, 0.25) is 22.1 Å². The predicted molar refractivity (Wildman–Crippen MR) is 176 cm³/mol. The first-order valence-electron chi connectivity index (χ1n) is 11.9. The normalized spacial score (nSPS) is 24.1. The van der Waals surface area contributed by atoms with Gasteiger partial charge in [0.15, 0.2) is 23.0 Å². The van der Waals surface area contributed by atoms with E-state index in [9.17, 15) is 0 Å². The third-order valence-electron chi connectivity index (χ3n) is 6.25. The molecule has 194 valence electrons. The lowest BCUT2D eigenvalue weighted by Gasteiger charge is -2.20. The molecule has 0 spiro atoms. The molecule has 6 aliphatic rings. The van der Waals surface area contributed by atoms with E-state index in [2.05, 4.69) is 24.3 Å². The fourth-order valence-corrected chi connectivity index (χ4v) is 17.3. The lowest BCUT2D eigenvalue weighted by atomic mass is 9.93. The summed E-state index contributed by atoms with van der Waals surface area (Å²) in [5.74, 6) is 8.04. The zero-order valence-corrected chi connectivity index (χ0v) is 26.4. The summed E-state index contributed by atoms with van der Waals surface area (Å²) in [6.07, 6.45) is 0. The Balaban J connectivity index is 1.38. The van der Waals surface area contributed by atoms with E-state index in [1.807, 2.05) is 82.7 Å². The summed E-state index contributed by atoms with van der Waals surface area (Å²) in [7, 11) is 0. The van der Waals surface area contributed by atoms with Crippen LogP contribution in [-0.4, -0.2) is 36.6 Å². The molecule has 6 heterocycles. The molecule has 0 N–H and O–H groups in total. The van der Waals surface area contributed by atoms with E-state index in [4.69, 9.17) is 18.9 Å². The first-order valence-corrected chi connectivity index (χ1v) is 19.3. The van der Waals surface area contributed by atoms with E-state index >= 15 is 0 Å². The highest BCUT2D eigenvalue weighted by Crippen LogP contribution is 2.65. The molecule has 0 atom stereocenters. The van der Waals surface area contributed by atoms with Gasteiger partial charge in [-0.3, -0.25) is 0 Å². The van der Waals surface area contributed by atoms with Crippen molar-refractivity contribution in [3.05, 3.63) is 72.9 Å². The van der Waals surface area contributed by atoms with Crippen molar-refractivity contribution < 1.29 is 18.9 Å². The monoisotopic (exact) mass is 652 g/mol. The molecule has 0 bridgehead atoms. The minimum atomic E-state index is 0.247. The summed E-state index contributed by atoms with van der Waals surface area (Å²) in [6.45, 7) is 0.494. The number of fused-ring (bicyclic) bond motifs is 2. The standard InChI is InChI=1S/C26H18O4S8/c1-3-13(19-15(5-1)27-11-29-19)17(21-35-23-24(36-21)32-8-7-31-23)18(14-4-2-6-16-20(14)30-12-28-16)22-37-25-26(38-22)34-10-9-33-25/h1-6H,7-12H2/p+2. The minimum Gasteiger partial charge on any atom is -0.454 e. The number of thioether (sulfide) groups is 6. The van der Waals surface area contributed by atoms with Gasteiger partial charge in [-0.25, -0.2) is 0 Å². The van der Waals surface area contributed by atoms with Crippen LogP contribution in [0.3, 0.4) is 0 Å². The minimum absolute atomic E-state index is 0.247. The average molecular weight is 653 g/mol. The summed E-state index contributed by atoms with van der Waals surface area (Å²) in [6, 6.07) is 12.5. The molecule has 0 amide bonds. The van der Waals surface area contributed by atoms with Gasteiger partial charge in [-0.1, -0.05) is 47.8 Å². The van der Waals surface area contributed by atoms with Crippen LogP contribution in [0.15, 0.2) is 61.8 Å². The summed E-state index contributed by atoms with van der Waals surface area (Å²) >= 11 is 14.5. The third-order valence-corrected chi connectivity index (χ3v) is 18.3. The van der Waals surface area contributed by atoms with Crippen LogP contribution in [0.5, 0.6) is 23.0 Å². The Morgan fingerprint density at radius 1 is 0.605 bits per heavy atom. The molecular formula is C26H20O4S8+2. The lowest BCUT2D eigenvalue weighted by Crippen LogP contribution is -2.00. The largest absolute Gasteiger partial charge is 0.454 e. The maximum Gasteiger partial charge on any atom is 0.231 e. The molecule has 0 saturated heterocycles. The Labute approximate surface area is 254 Å². The van der Waals surface area contributed by atoms with Crippen LogP contribution in [0.1, 0.15) is 11.1 Å². The Bertz CT molecular complexity index is 1340. The SMILES string of the molecule is c1cc2c(c(C(=C3\SC4=C(S3)[SH+]CCS4)/C(=C3/SC4=C(S3)[SH+]CCS4)c3cccc4c3OCO4)c1)OCO2. The summed E-state index contributed by atoms with van der Waals surface area (Å²) < 4.78 is 32.4. The fraction of sp³-hybridized carbons (Fsp3) is 0.231. The van der Waals surface area contributed by atoms with Crippen LogP contribution in [-0.2, 0) is 23.5 Å². The third kappa shape index (κ3) is 4.42. The van der Waals surface area contributed by atoms with Crippen LogP contribution < -0.4 is 18.9 Å². The number of rotatable bonds is 3. The summed E-state index contributed by atoms with van der Waals surface area (Å²) in [5.41, 5.74) is 4.56. The quantitative estimate of drug-likeness (QED) is 0.246. The van der Waals surface area contributed by atoms with E-state index in [1.54, 1.807) is 0 Å². The topological polar surface area (TPSA) is 36.9 Å². The highest BCUT2D eigenvalue weighted by molar-refractivity contribution is 8.40. The maximum absolute atomic E-state index is 6.12. The van der Waals surface area contributed by atoms with Crippen molar-refractivity contribution in [1.29, 1.82) is 0 Å². The summed E-state index contributed by atoms with van der Waals surface area (Å²) in [5, 5.41) is 0. The molecule has 0 aromatic heterocycles. The average Bonchev–Trinajstić information content (AvgIpc) is 3.76. The number of benzene rings is 2. The zero-order valence-electron chi connectivity index (χ0n) is 19.7. The van der Waals surface area contributed by atoms with Crippen LogP contribution in [0.4, 0.5) is 0 Å². The van der Waals surface area contributed by atoms with E-state index in [0.29, 0.717) is 0 Å². The molecule has 0 saturated carbocycles. The molecule has 0 aliphatic carbocycles. The lowest BCUT2D eigenvalue weighted by molar-refractivity contribution is 0.173. The van der Waals surface area contributed by atoms with Crippen molar-refractivity contribution >= 4 is 105 Å². The fourth-order valence-electron chi connectivity index (χ4n) is 4.66. The number of para-hydroxylation sites is 2. The Kier molecular flexibility index (Phi) is 7.05. The van der Waals surface area contributed by atoms with Gasteiger partial charge in [-0.15, -0.1) is 23.5 Å². The molecule has 2 aromatic rings. The molecule has 6 aliphatic heterocycles. The van der Waals surface area contributed by atoms with Crippen LogP contribution >= 0.6 is 70.6 Å². The second kappa shape index (κ2) is 10.7. The molecule has 38 heavy (non-hydrogen) atoms. The van der Waals surface area contributed by atoms with Gasteiger partial charge in [0, 0.05) is 57.3 Å². The maximum atomic E-state index is 6.12. The second-order valence-electron chi connectivity index (χ2n) is 8.46. The first kappa shape index (κ1) is 25.1. The number of thiol groups is 2. The molecular weight excluding hydrogens is 633 g/mol. The number of ether oxygens (including phenoxy) is 4. The first-order chi connectivity index (χ1) is 18.8. The smallest absolute Gasteiger partial charge is 0.231 e. The van der Waals surface area contributed by atoms with Crippen LogP contribution in [0, 0.1) is 0 Å². The van der Waals surface area contributed by atoms with E-state index in [-0.39, 0.29) is 13.6 Å². The number of hydrogen-bond acceptors (Lipinski definition) is 10. The van der Waals surface area contributed by atoms with Crippen molar-refractivity contribution in [1.82, 2.24) is 0 Å². The highest BCUT2D eigenvalue weighted by Gasteiger charge is 2.40. The van der Waals surface area contributed by atoms with Gasteiger partial charge < -0.3 is 18.9 Å². The van der Waals surface area contributed by atoms with Crippen molar-refractivity contribution in [2.45, 2.75) is 0 Å². The van der Waals surface area contributed by atoms with Crippen molar-refractivity contribution in [2.24, 2.45) is 0 Å². The van der Waals surface area contributed by atoms with Gasteiger partial charge in [0.25, 0.3) is 0 Å². The number of hydrogen-bond donors (Lipinski definition) is 0. The Morgan fingerprint density at radius 2 is 1.11 bits per heavy atom. The van der Waals surface area contributed by atoms with Gasteiger partial charge in [0.05, 0.1) is 8.47 Å². The summed E-state index contributed by atoms with van der Waals surface area (Å²) in [4.78, 5) is 0. The Morgan fingerprint density at radius 3 is 1.58 bits per heavy atom. The van der Waals surface area contributed by atoms with E-state index < -0.39 is 0 Å².